The first-order valence-electron chi connectivity index (χ1n) is 12.2. The van der Waals surface area contributed by atoms with Crippen molar-refractivity contribution in [1.29, 1.82) is 0 Å². The van der Waals surface area contributed by atoms with Crippen molar-refractivity contribution >= 4 is 34.1 Å². The Kier molecular flexibility index (Phi) is 6.51. The zero-order valence-corrected chi connectivity index (χ0v) is 20.9. The van der Waals surface area contributed by atoms with E-state index in [1.165, 1.54) is 0 Å². The molecule has 5 rings (SSSR count). The fraction of sp³-hybridized carbons (Fsp3) is 0.179. The largest absolute Gasteiger partial charge is 0.322 e. The molecule has 9 nitrogen and oxygen atoms in total. The van der Waals surface area contributed by atoms with Crippen molar-refractivity contribution in [2.24, 2.45) is 0 Å². The first kappa shape index (κ1) is 23.9. The average molecular weight is 494 g/mol. The van der Waals surface area contributed by atoms with Crippen molar-refractivity contribution < 1.29 is 9.59 Å². The number of para-hydroxylation sites is 1. The maximum absolute atomic E-state index is 13.5. The second-order valence-corrected chi connectivity index (χ2v) is 8.55. The van der Waals surface area contributed by atoms with Crippen LogP contribution in [0, 0.1) is 6.92 Å². The smallest absolute Gasteiger partial charge is 0.273 e. The molecule has 0 saturated carbocycles. The summed E-state index contributed by atoms with van der Waals surface area (Å²) in [5, 5.41) is 15.2. The van der Waals surface area contributed by atoms with Crippen LogP contribution >= 0.6 is 0 Å². The number of carbonyl (C=O) groups is 2. The van der Waals surface area contributed by atoms with Gasteiger partial charge in [-0.1, -0.05) is 24.3 Å². The summed E-state index contributed by atoms with van der Waals surface area (Å²) < 4.78 is 3.53. The highest BCUT2D eigenvalue weighted by Gasteiger charge is 2.17. The maximum Gasteiger partial charge on any atom is 0.273 e. The fourth-order valence-electron chi connectivity index (χ4n) is 4.36. The van der Waals surface area contributed by atoms with Crippen molar-refractivity contribution in [2.75, 3.05) is 10.6 Å². The van der Waals surface area contributed by atoms with Gasteiger partial charge in [-0.25, -0.2) is 4.98 Å². The van der Waals surface area contributed by atoms with E-state index >= 15 is 0 Å². The summed E-state index contributed by atoms with van der Waals surface area (Å²) in [7, 11) is 0. The van der Waals surface area contributed by atoms with Crippen LogP contribution in [0.25, 0.3) is 22.2 Å². The lowest BCUT2D eigenvalue weighted by molar-refractivity contribution is 0.101. The summed E-state index contributed by atoms with van der Waals surface area (Å²) in [5.41, 5.74) is 5.39. The minimum atomic E-state index is -0.270. The molecule has 186 valence electrons. The monoisotopic (exact) mass is 493 g/mol. The highest BCUT2D eigenvalue weighted by Crippen LogP contribution is 2.28. The van der Waals surface area contributed by atoms with Crippen LogP contribution < -0.4 is 10.6 Å². The van der Waals surface area contributed by atoms with Crippen LogP contribution in [0.3, 0.4) is 0 Å². The molecule has 2 aromatic carbocycles. The second kappa shape index (κ2) is 10.1. The Bertz CT molecular complexity index is 1620. The van der Waals surface area contributed by atoms with Gasteiger partial charge in [0.2, 0.25) is 0 Å². The maximum atomic E-state index is 13.5. The summed E-state index contributed by atoms with van der Waals surface area (Å²) in [6.45, 7) is 7.29. The van der Waals surface area contributed by atoms with Gasteiger partial charge in [0, 0.05) is 47.3 Å². The van der Waals surface area contributed by atoms with E-state index in [0.717, 1.165) is 28.7 Å². The second-order valence-electron chi connectivity index (χ2n) is 8.55. The van der Waals surface area contributed by atoms with Gasteiger partial charge in [-0.15, -0.1) is 0 Å². The highest BCUT2D eigenvalue weighted by atomic mass is 16.2. The molecule has 3 aromatic heterocycles. The lowest BCUT2D eigenvalue weighted by Gasteiger charge is -2.12. The number of aromatic nitrogens is 5. The Morgan fingerprint density at radius 2 is 1.57 bits per heavy atom. The van der Waals surface area contributed by atoms with Gasteiger partial charge in [0.1, 0.15) is 5.69 Å². The number of hydrogen-bond acceptors (Lipinski definition) is 5. The topological polar surface area (TPSA) is 107 Å². The van der Waals surface area contributed by atoms with Crippen LogP contribution in [0.2, 0.25) is 0 Å². The van der Waals surface area contributed by atoms with Gasteiger partial charge < -0.3 is 10.6 Å². The van der Waals surface area contributed by atoms with Crippen molar-refractivity contribution in [3.63, 3.8) is 0 Å². The van der Waals surface area contributed by atoms with Gasteiger partial charge >= 0.3 is 0 Å². The van der Waals surface area contributed by atoms with Gasteiger partial charge in [-0.3, -0.25) is 19.0 Å². The van der Waals surface area contributed by atoms with Gasteiger partial charge in [0.25, 0.3) is 11.8 Å². The molecule has 0 atom stereocenters. The average Bonchev–Trinajstić information content (AvgIpc) is 3.54. The van der Waals surface area contributed by atoms with Crippen LogP contribution in [0.1, 0.15) is 40.4 Å². The Balaban J connectivity index is 1.44. The zero-order valence-electron chi connectivity index (χ0n) is 20.9. The standard InChI is InChI=1S/C28H27N7O2/c1-4-34-18(3)23(17-30-34)25-16-22(21-11-6-7-12-24(21)33-25)27(36)31-19-9-8-10-20(15-19)32-28(37)26-13-14-29-35(26)5-2/h6-17H,4-5H2,1-3H3,(H,31,36)(H,32,37). The number of pyridine rings is 1. The number of aryl methyl sites for hydroxylation is 2. The molecule has 0 saturated heterocycles. The van der Waals surface area contributed by atoms with E-state index in [1.807, 2.05) is 49.7 Å². The third kappa shape index (κ3) is 4.71. The quantitative estimate of drug-likeness (QED) is 0.326. The number of nitrogens with zero attached hydrogens (tertiary/aromatic N) is 5. The number of carbonyl (C=O) groups excluding carboxylic acids is 2. The highest BCUT2D eigenvalue weighted by molar-refractivity contribution is 6.13. The predicted octanol–water partition coefficient (Wildman–Crippen LogP) is 5.15. The molecule has 0 aliphatic rings. The van der Waals surface area contributed by atoms with Gasteiger partial charge in [-0.05, 0) is 57.2 Å². The van der Waals surface area contributed by atoms with Crippen LogP contribution in [0.4, 0.5) is 11.4 Å². The number of benzene rings is 2. The van der Waals surface area contributed by atoms with Crippen LogP contribution in [-0.4, -0.2) is 36.4 Å². The Labute approximate surface area is 214 Å². The van der Waals surface area contributed by atoms with E-state index in [2.05, 4.69) is 20.8 Å². The van der Waals surface area contributed by atoms with Crippen molar-refractivity contribution in [3.8, 4) is 11.3 Å². The van der Waals surface area contributed by atoms with E-state index in [0.29, 0.717) is 34.9 Å². The third-order valence-corrected chi connectivity index (χ3v) is 6.27. The Morgan fingerprint density at radius 3 is 2.30 bits per heavy atom. The molecule has 2 amide bonds. The molecule has 0 aliphatic carbocycles. The normalized spacial score (nSPS) is 11.0. The zero-order chi connectivity index (χ0) is 25.9. The van der Waals surface area contributed by atoms with Gasteiger partial charge in [0.05, 0.1) is 23.0 Å². The van der Waals surface area contributed by atoms with Crippen LogP contribution in [-0.2, 0) is 13.1 Å². The third-order valence-electron chi connectivity index (χ3n) is 6.27. The summed E-state index contributed by atoms with van der Waals surface area (Å²) in [4.78, 5) is 31.0. The molecule has 0 bridgehead atoms. The molecule has 37 heavy (non-hydrogen) atoms. The SMILES string of the molecule is CCn1nccc1C(=O)Nc1cccc(NC(=O)c2cc(-c3cnn(CC)c3C)nc3ccccc23)c1. The minimum absolute atomic E-state index is 0.268. The molecule has 9 heteroatoms. The number of rotatable bonds is 7. The molecule has 2 N–H and O–H groups in total. The number of hydrogen-bond donors (Lipinski definition) is 2. The van der Waals surface area contributed by atoms with Gasteiger partial charge in [-0.2, -0.15) is 10.2 Å². The molecular formula is C28H27N7O2. The van der Waals surface area contributed by atoms with Crippen molar-refractivity contribution in [2.45, 2.75) is 33.9 Å². The summed E-state index contributed by atoms with van der Waals surface area (Å²) >= 11 is 0. The van der Waals surface area contributed by atoms with E-state index < -0.39 is 0 Å². The lowest BCUT2D eigenvalue weighted by atomic mass is 10.0. The van der Waals surface area contributed by atoms with Crippen LogP contribution in [0.15, 0.2) is 73.1 Å². The molecule has 5 aromatic rings. The molecule has 0 unspecified atom stereocenters. The Hall–Kier alpha value is -4.79. The van der Waals surface area contributed by atoms with Crippen molar-refractivity contribution in [1.82, 2.24) is 24.5 Å². The molecule has 3 heterocycles. The first-order chi connectivity index (χ1) is 18.0. The predicted molar refractivity (Wildman–Crippen MR) is 144 cm³/mol. The van der Waals surface area contributed by atoms with E-state index in [4.69, 9.17) is 4.98 Å². The van der Waals surface area contributed by atoms with Crippen LogP contribution in [0.5, 0.6) is 0 Å². The molecular weight excluding hydrogens is 466 g/mol. The number of anilines is 2. The number of nitrogens with one attached hydrogen (secondary N) is 2. The van der Waals surface area contributed by atoms with E-state index in [1.54, 1.807) is 53.5 Å². The van der Waals surface area contributed by atoms with Gasteiger partial charge in [0.15, 0.2) is 0 Å². The molecule has 0 aliphatic heterocycles. The molecule has 0 fully saturated rings. The summed E-state index contributed by atoms with van der Waals surface area (Å²) in [6.07, 6.45) is 3.38. The Morgan fingerprint density at radius 1 is 0.838 bits per heavy atom. The lowest BCUT2D eigenvalue weighted by Crippen LogP contribution is -2.18. The molecule has 0 radical (unpaired) electrons. The fourth-order valence-corrected chi connectivity index (χ4v) is 4.36. The first-order valence-corrected chi connectivity index (χ1v) is 12.2. The van der Waals surface area contributed by atoms with Crippen molar-refractivity contribution in [3.05, 3.63) is 90.0 Å². The van der Waals surface area contributed by atoms with E-state index in [-0.39, 0.29) is 11.8 Å². The molecule has 0 spiro atoms. The minimum Gasteiger partial charge on any atom is -0.322 e. The number of amides is 2. The van der Waals surface area contributed by atoms with E-state index in [9.17, 15) is 9.59 Å². The summed E-state index contributed by atoms with van der Waals surface area (Å²) in [5.74, 6) is -0.538. The number of fused-ring (bicyclic) bond motifs is 1. The summed E-state index contributed by atoms with van der Waals surface area (Å²) in [6, 6.07) is 18.1.